The van der Waals surface area contributed by atoms with Gasteiger partial charge in [-0.1, -0.05) is 66.4 Å². The highest BCUT2D eigenvalue weighted by Gasteiger charge is 2.39. The molecule has 1 saturated heterocycles. The van der Waals surface area contributed by atoms with E-state index in [9.17, 15) is 13.2 Å². The number of carbonyl (C=O) groups is 1. The van der Waals surface area contributed by atoms with Crippen molar-refractivity contribution in [3.63, 3.8) is 0 Å². The van der Waals surface area contributed by atoms with E-state index in [0.717, 1.165) is 17.3 Å². The van der Waals surface area contributed by atoms with Crippen molar-refractivity contribution < 1.29 is 13.2 Å². The molecule has 1 amide bonds. The van der Waals surface area contributed by atoms with E-state index in [1.54, 1.807) is 24.3 Å². The summed E-state index contributed by atoms with van der Waals surface area (Å²) in [5.41, 5.74) is 0.814. The highest BCUT2D eigenvalue weighted by molar-refractivity contribution is 8.15. The van der Waals surface area contributed by atoms with Gasteiger partial charge in [0.2, 0.25) is 5.91 Å². The Hall–Kier alpha value is -2.38. The lowest BCUT2D eigenvalue weighted by molar-refractivity contribution is -0.125. The van der Waals surface area contributed by atoms with Crippen molar-refractivity contribution >= 4 is 32.9 Å². The zero-order valence-corrected chi connectivity index (χ0v) is 14.9. The van der Waals surface area contributed by atoms with Gasteiger partial charge in [0.25, 0.3) is 10.0 Å². The van der Waals surface area contributed by atoms with Crippen molar-refractivity contribution in [3.05, 3.63) is 78.9 Å². The largest absolute Gasteiger partial charge is 0.285 e. The number of rotatable bonds is 5. The third kappa shape index (κ3) is 3.67. The lowest BCUT2D eigenvalue weighted by Crippen LogP contribution is -2.30. The van der Waals surface area contributed by atoms with E-state index in [1.807, 2.05) is 30.3 Å². The summed E-state index contributed by atoms with van der Waals surface area (Å²) in [4.78, 5) is 14.2. The number of amides is 1. The Morgan fingerprint density at radius 2 is 1.68 bits per heavy atom. The summed E-state index contributed by atoms with van der Waals surface area (Å²) < 4.78 is 29.0. The first-order valence-electron chi connectivity index (χ1n) is 7.57. The fraction of sp³-hybridized carbons (Fsp3) is 0.111. The fourth-order valence-electron chi connectivity index (χ4n) is 2.41. The Bertz CT molecular complexity index is 910. The average molecular weight is 372 g/mol. The lowest BCUT2D eigenvalue weighted by Gasteiger charge is -2.13. The molecule has 0 N–H and O–H groups in total. The Kier molecular flexibility index (Phi) is 5.06. The molecule has 5 nitrogen and oxygen atoms in total. The number of nitrogens with zero attached hydrogens (tertiary/aromatic N) is 2. The minimum atomic E-state index is -3.89. The monoisotopic (exact) mass is 372 g/mol. The van der Waals surface area contributed by atoms with Gasteiger partial charge in [-0.05, 0) is 17.7 Å². The van der Waals surface area contributed by atoms with E-state index in [4.69, 9.17) is 0 Å². The Morgan fingerprint density at radius 3 is 2.28 bits per heavy atom. The molecule has 0 radical (unpaired) electrons. The number of thioether (sulfide) groups is 1. The minimum Gasteiger partial charge on any atom is -0.285 e. The lowest BCUT2D eigenvalue weighted by atomic mass is 10.1. The van der Waals surface area contributed by atoms with Gasteiger partial charge in [-0.2, -0.15) is 8.42 Å². The second-order valence-electron chi connectivity index (χ2n) is 5.31. The standard InChI is InChI=1S/C18H16N2O3S2/c1-2-13-20-17(21)16(14-9-5-3-6-10-14)24-18(20)19-25(22,23)15-11-7-4-8-12-15/h2-12,16H,1,13H2/b19-18+. The molecule has 7 heteroatoms. The molecule has 1 fully saturated rings. The van der Waals surface area contributed by atoms with E-state index in [2.05, 4.69) is 11.0 Å². The van der Waals surface area contributed by atoms with E-state index in [1.165, 1.54) is 17.0 Å². The minimum absolute atomic E-state index is 0.0947. The van der Waals surface area contributed by atoms with E-state index in [-0.39, 0.29) is 22.5 Å². The Balaban J connectivity index is 1.99. The highest BCUT2D eigenvalue weighted by Crippen LogP contribution is 2.39. The third-order valence-corrected chi connectivity index (χ3v) is 6.23. The Labute approximate surface area is 151 Å². The number of benzene rings is 2. The molecule has 25 heavy (non-hydrogen) atoms. The van der Waals surface area contributed by atoms with Gasteiger partial charge in [-0.25, -0.2) is 0 Å². The molecule has 2 aromatic rings. The molecule has 1 heterocycles. The fourth-order valence-corrected chi connectivity index (χ4v) is 4.81. The summed E-state index contributed by atoms with van der Waals surface area (Å²) in [6.07, 6.45) is 1.55. The van der Waals surface area contributed by atoms with E-state index >= 15 is 0 Å². The maximum absolute atomic E-state index is 12.7. The predicted octanol–water partition coefficient (Wildman–Crippen LogP) is 3.23. The quantitative estimate of drug-likeness (QED) is 0.756. The first-order valence-corrected chi connectivity index (χ1v) is 9.89. The number of sulfonamides is 1. The van der Waals surface area contributed by atoms with Crippen LogP contribution in [0.1, 0.15) is 10.8 Å². The SMILES string of the molecule is C=CCN1C(=O)C(c2ccccc2)S/C1=N/S(=O)(=O)c1ccccc1. The average Bonchev–Trinajstić information content (AvgIpc) is 2.93. The van der Waals surface area contributed by atoms with E-state index < -0.39 is 15.3 Å². The van der Waals surface area contributed by atoms with Crippen molar-refractivity contribution in [1.82, 2.24) is 4.90 Å². The van der Waals surface area contributed by atoms with Crippen LogP contribution in [0.4, 0.5) is 0 Å². The summed E-state index contributed by atoms with van der Waals surface area (Å²) in [6.45, 7) is 3.84. The number of hydrogen-bond donors (Lipinski definition) is 0. The van der Waals surface area contributed by atoms with Crippen molar-refractivity contribution in [3.8, 4) is 0 Å². The van der Waals surface area contributed by atoms with Crippen LogP contribution in [0.5, 0.6) is 0 Å². The first-order chi connectivity index (χ1) is 12.0. The van der Waals surface area contributed by atoms with Crippen molar-refractivity contribution in [2.75, 3.05) is 6.54 Å². The van der Waals surface area contributed by atoms with Gasteiger partial charge in [-0.15, -0.1) is 11.0 Å². The second-order valence-corrected chi connectivity index (χ2v) is 7.98. The first kappa shape index (κ1) is 17.4. The molecule has 1 aliphatic rings. The van der Waals surface area contributed by atoms with Crippen LogP contribution < -0.4 is 0 Å². The van der Waals surface area contributed by atoms with Crippen molar-refractivity contribution in [2.24, 2.45) is 4.40 Å². The van der Waals surface area contributed by atoms with Gasteiger partial charge in [0, 0.05) is 6.54 Å². The molecule has 0 aromatic heterocycles. The van der Waals surface area contributed by atoms with Gasteiger partial charge < -0.3 is 0 Å². The van der Waals surface area contributed by atoms with Crippen LogP contribution >= 0.6 is 11.8 Å². The molecule has 0 saturated carbocycles. The summed E-state index contributed by atoms with van der Waals surface area (Å²) in [5.74, 6) is -0.196. The zero-order valence-electron chi connectivity index (χ0n) is 13.3. The maximum atomic E-state index is 12.7. The van der Waals surface area contributed by atoms with Gasteiger partial charge in [0.15, 0.2) is 5.17 Å². The van der Waals surface area contributed by atoms with Gasteiger partial charge in [0.05, 0.1) is 4.90 Å². The summed E-state index contributed by atoms with van der Waals surface area (Å²) in [5, 5.41) is -0.339. The van der Waals surface area contributed by atoms with Gasteiger partial charge in [0.1, 0.15) is 5.25 Å². The van der Waals surface area contributed by atoms with Crippen LogP contribution in [-0.4, -0.2) is 30.9 Å². The van der Waals surface area contributed by atoms with Crippen LogP contribution in [0.15, 0.2) is 82.6 Å². The van der Waals surface area contributed by atoms with Crippen LogP contribution in [0.25, 0.3) is 0 Å². The highest BCUT2D eigenvalue weighted by atomic mass is 32.2. The van der Waals surface area contributed by atoms with Gasteiger partial charge >= 0.3 is 0 Å². The van der Waals surface area contributed by atoms with Crippen LogP contribution in [-0.2, 0) is 14.8 Å². The molecule has 1 aliphatic heterocycles. The molecule has 2 aromatic carbocycles. The van der Waals surface area contributed by atoms with Crippen LogP contribution in [0.3, 0.4) is 0 Å². The summed E-state index contributed by atoms with van der Waals surface area (Å²) in [7, 11) is -3.89. The predicted molar refractivity (Wildman–Crippen MR) is 99.7 cm³/mol. The topological polar surface area (TPSA) is 66.8 Å². The van der Waals surface area contributed by atoms with E-state index in [0.29, 0.717) is 0 Å². The van der Waals surface area contributed by atoms with Crippen LogP contribution in [0.2, 0.25) is 0 Å². The summed E-state index contributed by atoms with van der Waals surface area (Å²) in [6, 6.07) is 17.2. The van der Waals surface area contributed by atoms with Gasteiger partial charge in [-0.3, -0.25) is 9.69 Å². The molecule has 0 bridgehead atoms. The van der Waals surface area contributed by atoms with Crippen molar-refractivity contribution in [2.45, 2.75) is 10.1 Å². The maximum Gasteiger partial charge on any atom is 0.284 e. The Morgan fingerprint density at radius 1 is 1.08 bits per heavy atom. The number of hydrogen-bond acceptors (Lipinski definition) is 4. The molecule has 0 spiro atoms. The molecule has 1 atom stereocenters. The zero-order chi connectivity index (χ0) is 17.9. The molecular formula is C18H16N2O3S2. The number of carbonyl (C=O) groups excluding carboxylic acids is 1. The van der Waals surface area contributed by atoms with Crippen LogP contribution in [0, 0.1) is 0 Å². The third-order valence-electron chi connectivity index (χ3n) is 3.60. The number of amidine groups is 1. The molecule has 128 valence electrons. The molecular weight excluding hydrogens is 356 g/mol. The molecule has 3 rings (SSSR count). The normalized spacial score (nSPS) is 19.4. The smallest absolute Gasteiger partial charge is 0.284 e. The van der Waals surface area contributed by atoms with Crippen molar-refractivity contribution in [1.29, 1.82) is 0 Å². The second kappa shape index (κ2) is 7.25. The summed E-state index contributed by atoms with van der Waals surface area (Å²) >= 11 is 1.14. The molecule has 0 aliphatic carbocycles. The molecule has 1 unspecified atom stereocenters.